The van der Waals surface area contributed by atoms with Crippen molar-refractivity contribution >= 4 is 27.5 Å². The van der Waals surface area contributed by atoms with Gasteiger partial charge in [-0.3, -0.25) is 0 Å². The van der Waals surface area contributed by atoms with Crippen LogP contribution in [0.3, 0.4) is 0 Å². The first-order valence-electron chi connectivity index (χ1n) is 10.2. The highest BCUT2D eigenvalue weighted by atomic mass is 19.1. The van der Waals surface area contributed by atoms with Crippen molar-refractivity contribution in [1.29, 1.82) is 0 Å². The maximum atomic E-state index is 13.8. The van der Waals surface area contributed by atoms with E-state index >= 15 is 0 Å². The SMILES string of the molecule is COc1ccc(-c2cc(C3=CCCCC3)c3c(n2)[nH]c2cc(F)ccc23)cc1OC. The monoisotopic (exact) mass is 402 g/mol. The van der Waals surface area contributed by atoms with E-state index in [0.29, 0.717) is 11.5 Å². The summed E-state index contributed by atoms with van der Waals surface area (Å²) in [6, 6.07) is 12.8. The molecule has 1 aliphatic carbocycles. The fourth-order valence-corrected chi connectivity index (χ4v) is 4.35. The number of allylic oxidation sites excluding steroid dienone is 2. The molecule has 0 aliphatic heterocycles. The zero-order chi connectivity index (χ0) is 20.7. The van der Waals surface area contributed by atoms with E-state index in [0.717, 1.165) is 46.0 Å². The standard InChI is InChI=1S/C25H23FN2O2/c1-29-22-11-8-16(12-23(22)30-2)20-14-19(15-6-4-3-5-7-15)24-18-10-9-17(26)13-21(18)28-25(24)27-20/h6,8-14H,3-5,7H2,1-2H3,(H,27,28). The lowest BCUT2D eigenvalue weighted by atomic mass is 9.90. The van der Waals surface area contributed by atoms with Crippen LogP contribution in [0, 0.1) is 5.82 Å². The summed E-state index contributed by atoms with van der Waals surface area (Å²) in [4.78, 5) is 8.22. The highest BCUT2D eigenvalue weighted by Gasteiger charge is 2.18. The molecule has 0 saturated carbocycles. The quantitative estimate of drug-likeness (QED) is 0.424. The summed E-state index contributed by atoms with van der Waals surface area (Å²) in [6.45, 7) is 0. The molecule has 0 radical (unpaired) electrons. The molecule has 5 heteroatoms. The molecule has 2 heterocycles. The minimum absolute atomic E-state index is 0.257. The van der Waals surface area contributed by atoms with Crippen molar-refractivity contribution in [3.63, 3.8) is 0 Å². The number of halogens is 1. The third-order valence-corrected chi connectivity index (χ3v) is 5.84. The summed E-state index contributed by atoms with van der Waals surface area (Å²) in [5.41, 5.74) is 5.82. The summed E-state index contributed by atoms with van der Waals surface area (Å²) in [6.07, 6.45) is 6.86. The van der Waals surface area contributed by atoms with Crippen molar-refractivity contribution in [2.24, 2.45) is 0 Å². The van der Waals surface area contributed by atoms with Gasteiger partial charge in [-0.05, 0) is 79.3 Å². The molecule has 2 aromatic heterocycles. The van der Waals surface area contributed by atoms with Crippen molar-refractivity contribution < 1.29 is 13.9 Å². The third-order valence-electron chi connectivity index (χ3n) is 5.84. The molecule has 0 atom stereocenters. The van der Waals surface area contributed by atoms with Crippen LogP contribution < -0.4 is 9.47 Å². The van der Waals surface area contributed by atoms with Crippen LogP contribution >= 0.6 is 0 Å². The summed E-state index contributed by atoms with van der Waals surface area (Å²) < 4.78 is 24.7. The van der Waals surface area contributed by atoms with Crippen molar-refractivity contribution in [2.45, 2.75) is 25.7 Å². The van der Waals surface area contributed by atoms with Gasteiger partial charge in [0, 0.05) is 16.3 Å². The van der Waals surface area contributed by atoms with Gasteiger partial charge in [0.2, 0.25) is 0 Å². The van der Waals surface area contributed by atoms with E-state index in [1.807, 2.05) is 24.3 Å². The van der Waals surface area contributed by atoms with Gasteiger partial charge in [-0.15, -0.1) is 0 Å². The average Bonchev–Trinajstić information content (AvgIpc) is 3.15. The average molecular weight is 402 g/mol. The molecular formula is C25H23FN2O2. The molecule has 0 amide bonds. The van der Waals surface area contributed by atoms with Crippen molar-refractivity contribution in [3.8, 4) is 22.8 Å². The highest BCUT2D eigenvalue weighted by Crippen LogP contribution is 2.39. The molecule has 0 spiro atoms. The van der Waals surface area contributed by atoms with Gasteiger partial charge >= 0.3 is 0 Å². The molecule has 30 heavy (non-hydrogen) atoms. The molecule has 0 bridgehead atoms. The lowest BCUT2D eigenvalue weighted by Gasteiger charge is -2.16. The Kier molecular flexibility index (Phi) is 4.66. The van der Waals surface area contributed by atoms with Crippen LogP contribution in [0.4, 0.5) is 4.39 Å². The summed E-state index contributed by atoms with van der Waals surface area (Å²) in [5.74, 6) is 1.08. The second kappa shape index (κ2) is 7.48. The number of ether oxygens (including phenoxy) is 2. The number of aromatic nitrogens is 2. The maximum Gasteiger partial charge on any atom is 0.161 e. The molecule has 4 nitrogen and oxygen atoms in total. The Hall–Kier alpha value is -3.34. The largest absolute Gasteiger partial charge is 0.493 e. The first-order chi connectivity index (χ1) is 14.7. The first kappa shape index (κ1) is 18.7. The van der Waals surface area contributed by atoms with Gasteiger partial charge in [0.05, 0.1) is 25.4 Å². The number of fused-ring (bicyclic) bond motifs is 3. The van der Waals surface area contributed by atoms with Crippen molar-refractivity contribution in [2.75, 3.05) is 14.2 Å². The van der Waals surface area contributed by atoms with Gasteiger partial charge in [0.1, 0.15) is 11.5 Å². The van der Waals surface area contributed by atoms with Crippen molar-refractivity contribution in [3.05, 3.63) is 59.9 Å². The Bertz CT molecular complexity index is 1290. The number of nitrogens with zero attached hydrogens (tertiary/aromatic N) is 1. The van der Waals surface area contributed by atoms with Crippen molar-refractivity contribution in [1.82, 2.24) is 9.97 Å². The Labute approximate surface area is 174 Å². The van der Waals surface area contributed by atoms with Gasteiger partial charge in [-0.25, -0.2) is 9.37 Å². The summed E-state index contributed by atoms with van der Waals surface area (Å²) in [5, 5.41) is 2.06. The van der Waals surface area contributed by atoms with Crippen LogP contribution in [0.2, 0.25) is 0 Å². The molecule has 2 aromatic carbocycles. The smallest absolute Gasteiger partial charge is 0.161 e. The molecule has 1 N–H and O–H groups in total. The number of rotatable bonds is 4. The lowest BCUT2D eigenvalue weighted by molar-refractivity contribution is 0.355. The Balaban J connectivity index is 1.78. The number of nitrogens with one attached hydrogen (secondary N) is 1. The minimum atomic E-state index is -0.257. The van der Waals surface area contributed by atoms with Crippen LogP contribution in [-0.2, 0) is 0 Å². The fourth-order valence-electron chi connectivity index (χ4n) is 4.35. The second-order valence-corrected chi connectivity index (χ2v) is 7.64. The molecular weight excluding hydrogens is 379 g/mol. The number of hydrogen-bond donors (Lipinski definition) is 1. The normalized spacial score (nSPS) is 14.2. The summed E-state index contributed by atoms with van der Waals surface area (Å²) in [7, 11) is 3.25. The van der Waals surface area contributed by atoms with Gasteiger partial charge in [0.15, 0.2) is 11.5 Å². The Morgan fingerprint density at radius 1 is 0.967 bits per heavy atom. The predicted octanol–water partition coefficient (Wildman–Crippen LogP) is 6.50. The minimum Gasteiger partial charge on any atom is -0.493 e. The third kappa shape index (κ3) is 3.11. The molecule has 4 aromatic rings. The predicted molar refractivity (Wildman–Crippen MR) is 119 cm³/mol. The number of benzene rings is 2. The topological polar surface area (TPSA) is 47.1 Å². The maximum absolute atomic E-state index is 13.8. The Morgan fingerprint density at radius 3 is 2.60 bits per heavy atom. The van der Waals surface area contributed by atoms with Crippen LogP contribution in [0.25, 0.3) is 38.8 Å². The van der Waals surface area contributed by atoms with E-state index in [1.165, 1.54) is 36.1 Å². The zero-order valence-corrected chi connectivity index (χ0v) is 17.1. The van der Waals surface area contributed by atoms with E-state index in [-0.39, 0.29) is 5.82 Å². The second-order valence-electron chi connectivity index (χ2n) is 7.64. The van der Waals surface area contributed by atoms with Gasteiger partial charge < -0.3 is 14.5 Å². The van der Waals surface area contributed by atoms with E-state index in [4.69, 9.17) is 14.5 Å². The van der Waals surface area contributed by atoms with E-state index in [9.17, 15) is 4.39 Å². The van der Waals surface area contributed by atoms with Gasteiger partial charge in [-0.1, -0.05) is 6.08 Å². The molecule has 0 saturated heterocycles. The van der Waals surface area contributed by atoms with Gasteiger partial charge in [0.25, 0.3) is 0 Å². The van der Waals surface area contributed by atoms with E-state index < -0.39 is 0 Å². The molecule has 0 fully saturated rings. The fraction of sp³-hybridized carbons (Fsp3) is 0.240. The number of methoxy groups -OCH3 is 2. The number of pyridine rings is 1. The highest BCUT2D eigenvalue weighted by molar-refractivity contribution is 6.11. The van der Waals surface area contributed by atoms with Crippen LogP contribution in [0.15, 0.2) is 48.5 Å². The summed E-state index contributed by atoms with van der Waals surface area (Å²) >= 11 is 0. The lowest BCUT2D eigenvalue weighted by Crippen LogP contribution is -1.96. The molecule has 0 unspecified atom stereocenters. The Morgan fingerprint density at radius 2 is 1.83 bits per heavy atom. The molecule has 152 valence electrons. The molecule has 5 rings (SSSR count). The number of hydrogen-bond acceptors (Lipinski definition) is 3. The van der Waals surface area contributed by atoms with E-state index in [1.54, 1.807) is 14.2 Å². The van der Waals surface area contributed by atoms with Gasteiger partial charge in [-0.2, -0.15) is 0 Å². The van der Waals surface area contributed by atoms with Crippen LogP contribution in [0.1, 0.15) is 31.2 Å². The zero-order valence-electron chi connectivity index (χ0n) is 17.1. The van der Waals surface area contributed by atoms with Crippen LogP contribution in [0.5, 0.6) is 11.5 Å². The van der Waals surface area contributed by atoms with E-state index in [2.05, 4.69) is 17.1 Å². The van der Waals surface area contributed by atoms with Crippen LogP contribution in [-0.4, -0.2) is 24.2 Å². The number of aromatic amines is 1. The molecule has 1 aliphatic rings. The first-order valence-corrected chi connectivity index (χ1v) is 10.2. The number of H-pyrrole nitrogens is 1.